The van der Waals surface area contributed by atoms with Crippen molar-refractivity contribution in [2.24, 2.45) is 0 Å². The lowest BCUT2D eigenvalue weighted by molar-refractivity contribution is 0.244. The fourth-order valence-electron chi connectivity index (χ4n) is 3.61. The maximum Gasteiger partial charge on any atom is 0.319 e. The summed E-state index contributed by atoms with van der Waals surface area (Å²) >= 11 is 0. The smallest absolute Gasteiger partial charge is 0.319 e. The highest BCUT2D eigenvalue weighted by Gasteiger charge is 2.17. The van der Waals surface area contributed by atoms with E-state index in [2.05, 4.69) is 32.6 Å². The van der Waals surface area contributed by atoms with Crippen molar-refractivity contribution >= 4 is 17.4 Å². The van der Waals surface area contributed by atoms with E-state index >= 15 is 0 Å². The van der Waals surface area contributed by atoms with Crippen molar-refractivity contribution in [2.75, 3.05) is 70.8 Å². The SMILES string of the molecule is COc1ccc(N2CCN(CCCNC(=O)Nc3cc(OC)ccc3OC)CC2)cc1. The van der Waals surface area contributed by atoms with E-state index < -0.39 is 0 Å². The predicted molar refractivity (Wildman–Crippen MR) is 123 cm³/mol. The fraction of sp³-hybridized carbons (Fsp3) is 0.435. The van der Waals surface area contributed by atoms with Gasteiger partial charge in [0.05, 0.1) is 27.0 Å². The van der Waals surface area contributed by atoms with E-state index in [9.17, 15) is 4.79 Å². The normalized spacial score (nSPS) is 14.1. The Bertz CT molecular complexity index is 836. The molecule has 1 aliphatic heterocycles. The highest BCUT2D eigenvalue weighted by Crippen LogP contribution is 2.28. The molecule has 1 saturated heterocycles. The number of rotatable bonds is 9. The zero-order valence-corrected chi connectivity index (χ0v) is 18.5. The van der Waals surface area contributed by atoms with Gasteiger partial charge in [0.25, 0.3) is 0 Å². The summed E-state index contributed by atoms with van der Waals surface area (Å²) in [5.41, 5.74) is 1.81. The molecule has 2 amide bonds. The number of amides is 2. The van der Waals surface area contributed by atoms with Crippen LogP contribution in [0.2, 0.25) is 0 Å². The van der Waals surface area contributed by atoms with Crippen LogP contribution in [0, 0.1) is 0 Å². The molecule has 1 aliphatic rings. The van der Waals surface area contributed by atoms with Crippen molar-refractivity contribution in [2.45, 2.75) is 6.42 Å². The summed E-state index contributed by atoms with van der Waals surface area (Å²) < 4.78 is 15.7. The van der Waals surface area contributed by atoms with Crippen LogP contribution in [0.15, 0.2) is 42.5 Å². The lowest BCUT2D eigenvalue weighted by atomic mass is 10.2. The van der Waals surface area contributed by atoms with Gasteiger partial charge in [-0.25, -0.2) is 4.79 Å². The first-order chi connectivity index (χ1) is 15.1. The number of hydrogen-bond donors (Lipinski definition) is 2. The minimum Gasteiger partial charge on any atom is -0.497 e. The van der Waals surface area contributed by atoms with Gasteiger partial charge in [0.2, 0.25) is 0 Å². The standard InChI is InChI=1S/C23H32N4O4/c1-29-19-7-5-18(6-8-19)27-15-13-26(14-16-27)12-4-11-24-23(28)25-21-17-20(30-2)9-10-22(21)31-3/h5-10,17H,4,11-16H2,1-3H3,(H2,24,25,28). The van der Waals surface area contributed by atoms with Crippen LogP contribution in [0.25, 0.3) is 0 Å². The van der Waals surface area contributed by atoms with Gasteiger partial charge in [-0.3, -0.25) is 4.90 Å². The van der Waals surface area contributed by atoms with Crippen LogP contribution < -0.4 is 29.7 Å². The Morgan fingerprint density at radius 1 is 0.903 bits per heavy atom. The number of nitrogens with one attached hydrogen (secondary N) is 2. The summed E-state index contributed by atoms with van der Waals surface area (Å²) in [4.78, 5) is 17.1. The highest BCUT2D eigenvalue weighted by atomic mass is 16.5. The molecular formula is C23H32N4O4. The van der Waals surface area contributed by atoms with Gasteiger partial charge in [-0.1, -0.05) is 0 Å². The van der Waals surface area contributed by atoms with Gasteiger partial charge in [0.1, 0.15) is 17.2 Å². The monoisotopic (exact) mass is 428 g/mol. The van der Waals surface area contributed by atoms with Crippen molar-refractivity contribution in [3.63, 3.8) is 0 Å². The van der Waals surface area contributed by atoms with E-state index in [1.54, 1.807) is 39.5 Å². The van der Waals surface area contributed by atoms with E-state index in [4.69, 9.17) is 14.2 Å². The quantitative estimate of drug-likeness (QED) is 0.598. The van der Waals surface area contributed by atoms with Gasteiger partial charge in [-0.2, -0.15) is 0 Å². The number of ether oxygens (including phenoxy) is 3. The summed E-state index contributed by atoms with van der Waals surface area (Å²) in [6.45, 7) is 5.58. The Kier molecular flexibility index (Phi) is 8.23. The molecule has 168 valence electrons. The second-order valence-electron chi connectivity index (χ2n) is 7.33. The first kappa shape index (κ1) is 22.6. The zero-order chi connectivity index (χ0) is 22.1. The number of carbonyl (C=O) groups excluding carboxylic acids is 1. The molecule has 2 aromatic rings. The third-order valence-corrected chi connectivity index (χ3v) is 5.40. The zero-order valence-electron chi connectivity index (χ0n) is 18.5. The number of piperazine rings is 1. The van der Waals surface area contributed by atoms with Crippen LogP contribution in [0.5, 0.6) is 17.2 Å². The Labute approximate surface area is 184 Å². The minimum atomic E-state index is -0.254. The largest absolute Gasteiger partial charge is 0.497 e. The molecule has 1 heterocycles. The Morgan fingerprint density at radius 3 is 2.23 bits per heavy atom. The third kappa shape index (κ3) is 6.42. The van der Waals surface area contributed by atoms with Crippen LogP contribution in [-0.2, 0) is 0 Å². The number of methoxy groups -OCH3 is 3. The summed E-state index contributed by atoms with van der Waals surface area (Å²) in [6, 6.07) is 13.2. The lowest BCUT2D eigenvalue weighted by Crippen LogP contribution is -2.47. The van der Waals surface area contributed by atoms with Crippen molar-refractivity contribution in [1.29, 1.82) is 0 Å². The Balaban J connectivity index is 1.35. The van der Waals surface area contributed by atoms with Crippen molar-refractivity contribution in [3.05, 3.63) is 42.5 Å². The molecule has 0 spiro atoms. The molecule has 0 unspecified atom stereocenters. The number of carbonyl (C=O) groups is 1. The van der Waals surface area contributed by atoms with E-state index in [0.717, 1.165) is 44.9 Å². The molecule has 3 rings (SSSR count). The molecule has 0 radical (unpaired) electrons. The molecule has 2 aromatic carbocycles. The molecule has 8 nitrogen and oxygen atoms in total. The lowest BCUT2D eigenvalue weighted by Gasteiger charge is -2.36. The van der Waals surface area contributed by atoms with Gasteiger partial charge < -0.3 is 29.7 Å². The Hall–Kier alpha value is -3.13. The molecule has 0 aromatic heterocycles. The van der Waals surface area contributed by atoms with Crippen LogP contribution in [-0.4, -0.2) is 71.5 Å². The summed E-state index contributed by atoms with van der Waals surface area (Å²) in [6.07, 6.45) is 0.894. The van der Waals surface area contributed by atoms with Gasteiger partial charge >= 0.3 is 6.03 Å². The number of urea groups is 1. The maximum absolute atomic E-state index is 12.2. The summed E-state index contributed by atoms with van der Waals surface area (Å²) in [5.74, 6) is 2.12. The molecule has 31 heavy (non-hydrogen) atoms. The van der Waals surface area contributed by atoms with E-state index in [1.807, 2.05) is 12.1 Å². The molecule has 8 heteroatoms. The molecule has 0 saturated carbocycles. The topological polar surface area (TPSA) is 75.3 Å². The number of nitrogens with zero attached hydrogens (tertiary/aromatic N) is 2. The second kappa shape index (κ2) is 11.3. The number of hydrogen-bond acceptors (Lipinski definition) is 6. The van der Waals surface area contributed by atoms with Crippen molar-refractivity contribution in [3.8, 4) is 17.2 Å². The van der Waals surface area contributed by atoms with E-state index in [0.29, 0.717) is 23.7 Å². The summed E-state index contributed by atoms with van der Waals surface area (Å²) in [7, 11) is 4.84. The third-order valence-electron chi connectivity index (χ3n) is 5.40. The van der Waals surface area contributed by atoms with Crippen LogP contribution >= 0.6 is 0 Å². The van der Waals surface area contributed by atoms with E-state index in [-0.39, 0.29) is 6.03 Å². The van der Waals surface area contributed by atoms with Gasteiger partial charge in [0, 0.05) is 44.5 Å². The number of benzene rings is 2. The molecule has 1 fully saturated rings. The minimum absolute atomic E-state index is 0.254. The van der Waals surface area contributed by atoms with Crippen LogP contribution in [0.1, 0.15) is 6.42 Å². The predicted octanol–water partition coefficient (Wildman–Crippen LogP) is 3.05. The van der Waals surface area contributed by atoms with Crippen LogP contribution in [0.4, 0.5) is 16.2 Å². The van der Waals surface area contributed by atoms with Crippen molar-refractivity contribution in [1.82, 2.24) is 10.2 Å². The first-order valence-electron chi connectivity index (χ1n) is 10.5. The molecule has 0 atom stereocenters. The van der Waals surface area contributed by atoms with E-state index in [1.165, 1.54) is 5.69 Å². The molecule has 0 bridgehead atoms. The fourth-order valence-corrected chi connectivity index (χ4v) is 3.61. The van der Waals surface area contributed by atoms with Gasteiger partial charge in [0.15, 0.2) is 0 Å². The second-order valence-corrected chi connectivity index (χ2v) is 7.33. The van der Waals surface area contributed by atoms with Crippen LogP contribution in [0.3, 0.4) is 0 Å². The number of anilines is 2. The highest BCUT2D eigenvalue weighted by molar-refractivity contribution is 5.91. The Morgan fingerprint density at radius 2 is 1.58 bits per heavy atom. The summed E-state index contributed by atoms with van der Waals surface area (Å²) in [5, 5.41) is 5.73. The van der Waals surface area contributed by atoms with Crippen molar-refractivity contribution < 1.29 is 19.0 Å². The maximum atomic E-state index is 12.2. The molecule has 0 aliphatic carbocycles. The molecule has 2 N–H and O–H groups in total. The van der Waals surface area contributed by atoms with Gasteiger partial charge in [-0.15, -0.1) is 0 Å². The van der Waals surface area contributed by atoms with Gasteiger partial charge in [-0.05, 0) is 49.4 Å². The first-order valence-corrected chi connectivity index (χ1v) is 10.5. The average Bonchev–Trinajstić information content (AvgIpc) is 2.82. The average molecular weight is 429 g/mol. The molecular weight excluding hydrogens is 396 g/mol.